The summed E-state index contributed by atoms with van der Waals surface area (Å²) in [5.41, 5.74) is 1.80. The van der Waals surface area contributed by atoms with E-state index in [-0.39, 0.29) is 22.8 Å². The number of aromatic amines is 1. The predicted molar refractivity (Wildman–Crippen MR) is 73.5 cm³/mol. The molecule has 0 saturated heterocycles. The van der Waals surface area contributed by atoms with E-state index in [1.54, 1.807) is 6.20 Å². The number of hydrazine groups is 1. The molecule has 0 amide bonds. The van der Waals surface area contributed by atoms with Crippen LogP contribution in [0, 0.1) is 10.1 Å². The number of imidazole rings is 1. The molecule has 0 saturated carbocycles. The Morgan fingerprint density at radius 2 is 2.19 bits per heavy atom. The summed E-state index contributed by atoms with van der Waals surface area (Å²) in [4.78, 5) is 16.5. The van der Waals surface area contributed by atoms with Crippen LogP contribution in [0.2, 0.25) is 0 Å². The molecule has 11 heteroatoms. The minimum absolute atomic E-state index is 0.0453. The van der Waals surface area contributed by atoms with Crippen molar-refractivity contribution in [1.29, 1.82) is 0 Å². The minimum atomic E-state index is -3.90. The quantitative estimate of drug-likeness (QED) is 0.334. The lowest BCUT2D eigenvalue weighted by molar-refractivity contribution is -0.384. The number of non-ortho nitro benzene ring substituents is 1. The van der Waals surface area contributed by atoms with Crippen LogP contribution >= 0.6 is 0 Å². The highest BCUT2D eigenvalue weighted by atomic mass is 32.2. The van der Waals surface area contributed by atoms with Crippen molar-refractivity contribution in [3.8, 4) is 0 Å². The van der Waals surface area contributed by atoms with E-state index in [0.717, 1.165) is 18.2 Å². The van der Waals surface area contributed by atoms with Gasteiger partial charge >= 0.3 is 0 Å². The summed E-state index contributed by atoms with van der Waals surface area (Å²) in [5.74, 6) is 5.66. The molecular formula is C10H12N6O4S. The van der Waals surface area contributed by atoms with Crippen LogP contribution in [-0.4, -0.2) is 23.3 Å². The van der Waals surface area contributed by atoms with E-state index in [1.807, 2.05) is 0 Å². The van der Waals surface area contributed by atoms with Gasteiger partial charge in [0.05, 0.1) is 17.2 Å². The first-order valence-corrected chi connectivity index (χ1v) is 7.15. The molecule has 0 aliphatic heterocycles. The van der Waals surface area contributed by atoms with Gasteiger partial charge in [-0.05, 0) is 6.07 Å². The van der Waals surface area contributed by atoms with Crippen molar-refractivity contribution >= 4 is 21.4 Å². The van der Waals surface area contributed by atoms with Crippen LogP contribution < -0.4 is 16.0 Å². The number of nitro benzene ring substituents is 1. The molecule has 1 aromatic carbocycles. The number of aromatic nitrogens is 2. The molecule has 0 unspecified atom stereocenters. The Balaban J connectivity index is 2.28. The van der Waals surface area contributed by atoms with Gasteiger partial charge in [0.2, 0.25) is 10.0 Å². The number of hydrogen-bond donors (Lipinski definition) is 4. The lowest BCUT2D eigenvalue weighted by Gasteiger charge is -2.10. The first kappa shape index (κ1) is 14.9. The molecule has 1 heterocycles. The number of H-pyrrole nitrogens is 1. The standard InChI is InChI=1S/C10H12N6O4S/c11-15-8-5-7(16(17)18)1-2-9(8)21(19,20)14-6-10-12-3-4-13-10/h1-5,14-15H,6,11H2,(H,12,13). The number of nitrogen functional groups attached to an aromatic ring is 1. The zero-order valence-corrected chi connectivity index (χ0v) is 11.4. The second-order valence-corrected chi connectivity index (χ2v) is 5.68. The summed E-state index contributed by atoms with van der Waals surface area (Å²) in [6.07, 6.45) is 3.05. The first-order valence-electron chi connectivity index (χ1n) is 5.67. The van der Waals surface area contributed by atoms with E-state index < -0.39 is 14.9 Å². The van der Waals surface area contributed by atoms with Crippen molar-refractivity contribution in [2.45, 2.75) is 11.4 Å². The molecule has 0 radical (unpaired) electrons. The highest BCUT2D eigenvalue weighted by molar-refractivity contribution is 7.89. The maximum atomic E-state index is 12.2. The van der Waals surface area contributed by atoms with Gasteiger partial charge in [0, 0.05) is 24.5 Å². The van der Waals surface area contributed by atoms with Crippen LogP contribution in [0.15, 0.2) is 35.5 Å². The van der Waals surface area contributed by atoms with Crippen molar-refractivity contribution in [2.24, 2.45) is 5.84 Å². The molecule has 10 nitrogen and oxygen atoms in total. The molecule has 0 aliphatic rings. The van der Waals surface area contributed by atoms with Gasteiger partial charge in [-0.3, -0.25) is 16.0 Å². The van der Waals surface area contributed by atoms with Crippen LogP contribution in [-0.2, 0) is 16.6 Å². The molecular weight excluding hydrogens is 300 g/mol. The highest BCUT2D eigenvalue weighted by Crippen LogP contribution is 2.25. The van der Waals surface area contributed by atoms with Crippen molar-refractivity contribution in [3.05, 3.63) is 46.5 Å². The Morgan fingerprint density at radius 1 is 1.43 bits per heavy atom. The number of anilines is 1. The molecule has 0 bridgehead atoms. The average Bonchev–Trinajstić information content (AvgIpc) is 2.97. The van der Waals surface area contributed by atoms with Gasteiger partial charge in [-0.1, -0.05) is 0 Å². The lowest BCUT2D eigenvalue weighted by Crippen LogP contribution is -2.25. The van der Waals surface area contributed by atoms with Crippen molar-refractivity contribution in [2.75, 3.05) is 5.43 Å². The number of nitrogens with two attached hydrogens (primary N) is 1. The lowest BCUT2D eigenvalue weighted by atomic mass is 10.3. The maximum Gasteiger partial charge on any atom is 0.271 e. The predicted octanol–water partition coefficient (Wildman–Crippen LogP) is 0.0820. The third-order valence-electron chi connectivity index (χ3n) is 2.60. The second-order valence-electron chi connectivity index (χ2n) is 3.94. The Hall–Kier alpha value is -2.50. The van der Waals surface area contributed by atoms with Crippen LogP contribution in [0.25, 0.3) is 0 Å². The third-order valence-corrected chi connectivity index (χ3v) is 4.06. The van der Waals surface area contributed by atoms with E-state index in [1.165, 1.54) is 6.20 Å². The number of nitro groups is 1. The summed E-state index contributed by atoms with van der Waals surface area (Å²) in [6, 6.07) is 3.24. The van der Waals surface area contributed by atoms with Gasteiger partial charge < -0.3 is 10.4 Å². The third kappa shape index (κ3) is 3.34. The highest BCUT2D eigenvalue weighted by Gasteiger charge is 2.21. The molecule has 112 valence electrons. The number of sulfonamides is 1. The van der Waals surface area contributed by atoms with Crippen molar-refractivity contribution < 1.29 is 13.3 Å². The average molecular weight is 312 g/mol. The molecule has 0 spiro atoms. The molecule has 0 fully saturated rings. The number of benzene rings is 1. The van der Waals surface area contributed by atoms with Gasteiger partial charge in [0.1, 0.15) is 10.7 Å². The van der Waals surface area contributed by atoms with E-state index in [4.69, 9.17) is 5.84 Å². The molecule has 2 aromatic rings. The number of nitrogens with one attached hydrogen (secondary N) is 3. The van der Waals surface area contributed by atoms with Gasteiger partial charge in [0.25, 0.3) is 5.69 Å². The van der Waals surface area contributed by atoms with Crippen molar-refractivity contribution in [3.63, 3.8) is 0 Å². The fraction of sp³-hybridized carbons (Fsp3) is 0.100. The summed E-state index contributed by atoms with van der Waals surface area (Å²) < 4.78 is 26.7. The Bertz CT molecular complexity index is 743. The smallest absolute Gasteiger partial charge is 0.271 e. The Morgan fingerprint density at radius 3 is 2.76 bits per heavy atom. The molecule has 2 rings (SSSR count). The van der Waals surface area contributed by atoms with E-state index in [2.05, 4.69) is 20.1 Å². The largest absolute Gasteiger partial charge is 0.347 e. The SMILES string of the molecule is NNc1cc([N+](=O)[O-])ccc1S(=O)(=O)NCc1ncc[nH]1. The van der Waals surface area contributed by atoms with Gasteiger partial charge in [0.15, 0.2) is 0 Å². The van der Waals surface area contributed by atoms with Crippen LogP contribution in [0.1, 0.15) is 5.82 Å². The summed E-state index contributed by atoms with van der Waals surface area (Å²) in [5, 5.41) is 10.7. The normalized spacial score (nSPS) is 11.3. The molecule has 0 atom stereocenters. The van der Waals surface area contributed by atoms with Crippen LogP contribution in [0.5, 0.6) is 0 Å². The molecule has 1 aromatic heterocycles. The number of rotatable bonds is 6. The minimum Gasteiger partial charge on any atom is -0.347 e. The van der Waals surface area contributed by atoms with Crippen molar-refractivity contribution in [1.82, 2.24) is 14.7 Å². The molecule has 0 aliphatic carbocycles. The molecule has 5 N–H and O–H groups in total. The topological polar surface area (TPSA) is 156 Å². The van der Waals surface area contributed by atoms with Gasteiger partial charge in [-0.25, -0.2) is 18.1 Å². The monoisotopic (exact) mass is 312 g/mol. The fourth-order valence-electron chi connectivity index (χ4n) is 1.61. The van der Waals surface area contributed by atoms with E-state index in [0.29, 0.717) is 5.82 Å². The zero-order valence-electron chi connectivity index (χ0n) is 10.6. The fourth-order valence-corrected chi connectivity index (χ4v) is 2.75. The molecule has 21 heavy (non-hydrogen) atoms. The Kier molecular flexibility index (Phi) is 4.16. The van der Waals surface area contributed by atoms with Gasteiger partial charge in [-0.2, -0.15) is 0 Å². The maximum absolute atomic E-state index is 12.2. The Labute approximate surface area is 119 Å². The van der Waals surface area contributed by atoms with Crippen LogP contribution in [0.4, 0.5) is 11.4 Å². The summed E-state index contributed by atoms with van der Waals surface area (Å²) in [7, 11) is -3.90. The first-order chi connectivity index (χ1) is 9.94. The number of nitrogens with zero attached hydrogens (tertiary/aromatic N) is 2. The van der Waals surface area contributed by atoms with Gasteiger partial charge in [-0.15, -0.1) is 0 Å². The van der Waals surface area contributed by atoms with E-state index in [9.17, 15) is 18.5 Å². The number of hydrogen-bond acceptors (Lipinski definition) is 7. The second kappa shape index (κ2) is 5.87. The summed E-state index contributed by atoms with van der Waals surface area (Å²) in [6.45, 7) is -0.0453. The zero-order chi connectivity index (χ0) is 15.5. The van der Waals surface area contributed by atoms with Crippen LogP contribution in [0.3, 0.4) is 0 Å². The van der Waals surface area contributed by atoms with E-state index >= 15 is 0 Å². The summed E-state index contributed by atoms with van der Waals surface area (Å²) >= 11 is 0.